The summed E-state index contributed by atoms with van der Waals surface area (Å²) >= 11 is 5.08. The monoisotopic (exact) mass is 246 g/mol. The van der Waals surface area contributed by atoms with Crippen LogP contribution >= 0.6 is 27.3 Å². The fourth-order valence-corrected chi connectivity index (χ4v) is 3.40. The molecule has 1 aromatic heterocycles. The van der Waals surface area contributed by atoms with Gasteiger partial charge in [0.1, 0.15) is 0 Å². The molecule has 0 saturated heterocycles. The van der Waals surface area contributed by atoms with Gasteiger partial charge in [-0.1, -0.05) is 0 Å². The molecule has 0 aliphatic heterocycles. The fraction of sp³-hybridized carbons (Fsp3) is 0.556. The van der Waals surface area contributed by atoms with Crippen LogP contribution in [0.25, 0.3) is 0 Å². The summed E-state index contributed by atoms with van der Waals surface area (Å²) in [6.45, 7) is 1.92. The minimum Gasteiger partial charge on any atom is -0.384 e. The Morgan fingerprint density at radius 1 is 1.67 bits per heavy atom. The zero-order chi connectivity index (χ0) is 8.77. The normalized spacial score (nSPS) is 22.2. The van der Waals surface area contributed by atoms with Crippen LogP contribution < -0.4 is 0 Å². The van der Waals surface area contributed by atoms with Crippen LogP contribution in [-0.4, -0.2) is 5.11 Å². The smallest absolute Gasteiger partial charge is 0.0999 e. The lowest BCUT2D eigenvalue weighted by Gasteiger charge is -2.21. The van der Waals surface area contributed by atoms with E-state index < -0.39 is 5.60 Å². The van der Waals surface area contributed by atoms with E-state index in [0.717, 1.165) is 22.2 Å². The average Bonchev–Trinajstić information content (AvgIpc) is 2.75. The number of halogens is 1. The Morgan fingerprint density at radius 2 is 2.33 bits per heavy atom. The van der Waals surface area contributed by atoms with Gasteiger partial charge in [0.25, 0.3) is 0 Å². The zero-order valence-corrected chi connectivity index (χ0v) is 9.28. The van der Waals surface area contributed by atoms with Crippen LogP contribution in [0.2, 0.25) is 0 Å². The fourth-order valence-electron chi connectivity index (χ4n) is 1.49. The molecule has 12 heavy (non-hydrogen) atoms. The lowest BCUT2D eigenvalue weighted by Crippen LogP contribution is -2.22. The molecule has 2 rings (SSSR count). The predicted molar refractivity (Wildman–Crippen MR) is 54.3 cm³/mol. The van der Waals surface area contributed by atoms with Gasteiger partial charge in [-0.15, -0.1) is 11.3 Å². The molecule has 0 radical (unpaired) electrons. The Hall–Kier alpha value is 0.140. The van der Waals surface area contributed by atoms with Gasteiger partial charge < -0.3 is 5.11 Å². The molecule has 1 saturated carbocycles. The van der Waals surface area contributed by atoms with Crippen molar-refractivity contribution < 1.29 is 5.11 Å². The third kappa shape index (κ3) is 1.34. The number of rotatable bonds is 2. The summed E-state index contributed by atoms with van der Waals surface area (Å²) in [5, 5.41) is 12.2. The van der Waals surface area contributed by atoms with Crippen LogP contribution in [0.4, 0.5) is 0 Å². The topological polar surface area (TPSA) is 20.2 Å². The summed E-state index contributed by atoms with van der Waals surface area (Å²) < 4.78 is 1.05. The third-order valence-corrected chi connectivity index (χ3v) is 4.51. The standard InChI is InChI=1S/C9H11BrOS/c1-9(11,6-2-3-6)8-7(10)4-5-12-8/h4-6,11H,2-3H2,1H3. The van der Waals surface area contributed by atoms with Crippen LogP contribution in [0.15, 0.2) is 15.9 Å². The molecule has 1 N–H and O–H groups in total. The highest BCUT2D eigenvalue weighted by Crippen LogP contribution is 2.48. The number of aliphatic hydroxyl groups is 1. The van der Waals surface area contributed by atoms with E-state index in [1.54, 1.807) is 11.3 Å². The van der Waals surface area contributed by atoms with E-state index in [1.807, 2.05) is 18.4 Å². The first kappa shape index (κ1) is 8.73. The molecule has 1 aromatic rings. The second kappa shape index (κ2) is 2.82. The van der Waals surface area contributed by atoms with E-state index in [2.05, 4.69) is 15.9 Å². The summed E-state index contributed by atoms with van der Waals surface area (Å²) in [7, 11) is 0. The van der Waals surface area contributed by atoms with Gasteiger partial charge in [0.05, 0.1) is 10.5 Å². The van der Waals surface area contributed by atoms with Crippen molar-refractivity contribution in [3.05, 3.63) is 20.8 Å². The predicted octanol–water partition coefficient (Wildman–Crippen LogP) is 3.13. The first-order chi connectivity index (χ1) is 5.62. The van der Waals surface area contributed by atoms with E-state index in [0.29, 0.717) is 5.92 Å². The summed E-state index contributed by atoms with van der Waals surface area (Å²) in [5.74, 6) is 0.479. The molecule has 1 nitrogen and oxygen atoms in total. The highest BCUT2D eigenvalue weighted by atomic mass is 79.9. The van der Waals surface area contributed by atoms with Crippen LogP contribution in [-0.2, 0) is 5.60 Å². The Balaban J connectivity index is 2.33. The van der Waals surface area contributed by atoms with Gasteiger partial charge in [0.15, 0.2) is 0 Å². The molecule has 1 aliphatic carbocycles. The summed E-state index contributed by atoms with van der Waals surface area (Å²) in [6.07, 6.45) is 2.33. The van der Waals surface area contributed by atoms with Gasteiger partial charge in [-0.3, -0.25) is 0 Å². The van der Waals surface area contributed by atoms with Gasteiger partial charge in [0, 0.05) is 4.47 Å². The SMILES string of the molecule is CC(O)(c1sccc1Br)C1CC1. The van der Waals surface area contributed by atoms with Crippen molar-refractivity contribution in [2.45, 2.75) is 25.4 Å². The van der Waals surface area contributed by atoms with Crippen molar-refractivity contribution >= 4 is 27.3 Å². The van der Waals surface area contributed by atoms with E-state index >= 15 is 0 Å². The highest BCUT2D eigenvalue weighted by molar-refractivity contribution is 9.10. The van der Waals surface area contributed by atoms with Crippen LogP contribution in [0.3, 0.4) is 0 Å². The second-order valence-electron chi connectivity index (χ2n) is 3.52. The van der Waals surface area contributed by atoms with Crippen LogP contribution in [0.1, 0.15) is 24.6 Å². The molecule has 0 aromatic carbocycles. The molecule has 3 heteroatoms. The Labute approximate surface area is 84.6 Å². The third-order valence-electron chi connectivity index (χ3n) is 2.45. The van der Waals surface area contributed by atoms with Gasteiger partial charge in [-0.25, -0.2) is 0 Å². The van der Waals surface area contributed by atoms with Gasteiger partial charge in [-0.05, 0) is 53.1 Å². The lowest BCUT2D eigenvalue weighted by atomic mass is 9.99. The molecule has 1 unspecified atom stereocenters. The van der Waals surface area contributed by atoms with E-state index in [-0.39, 0.29) is 0 Å². The maximum absolute atomic E-state index is 10.2. The first-order valence-electron chi connectivity index (χ1n) is 4.08. The van der Waals surface area contributed by atoms with Crippen LogP contribution in [0, 0.1) is 5.92 Å². The van der Waals surface area contributed by atoms with Gasteiger partial charge >= 0.3 is 0 Å². The zero-order valence-electron chi connectivity index (χ0n) is 6.88. The molecule has 0 amide bonds. The minimum atomic E-state index is -0.604. The van der Waals surface area contributed by atoms with Gasteiger partial charge in [0.2, 0.25) is 0 Å². The number of thiophene rings is 1. The summed E-state index contributed by atoms with van der Waals surface area (Å²) in [6, 6.07) is 2.00. The molecule has 1 heterocycles. The maximum Gasteiger partial charge on any atom is 0.0999 e. The first-order valence-corrected chi connectivity index (χ1v) is 5.75. The minimum absolute atomic E-state index is 0.479. The molecule has 66 valence electrons. The van der Waals surface area contributed by atoms with Crippen molar-refractivity contribution in [3.63, 3.8) is 0 Å². The van der Waals surface area contributed by atoms with E-state index in [1.165, 1.54) is 0 Å². The average molecular weight is 247 g/mol. The molecule has 0 spiro atoms. The van der Waals surface area contributed by atoms with E-state index in [4.69, 9.17) is 0 Å². The Morgan fingerprint density at radius 3 is 2.75 bits per heavy atom. The maximum atomic E-state index is 10.2. The summed E-state index contributed by atoms with van der Waals surface area (Å²) in [5.41, 5.74) is -0.604. The van der Waals surface area contributed by atoms with Crippen molar-refractivity contribution in [2.24, 2.45) is 5.92 Å². The van der Waals surface area contributed by atoms with Crippen molar-refractivity contribution in [1.29, 1.82) is 0 Å². The van der Waals surface area contributed by atoms with Crippen molar-refractivity contribution in [2.75, 3.05) is 0 Å². The Kier molecular flexibility index (Phi) is 2.05. The Bertz CT molecular complexity index is 288. The molecule has 1 aliphatic rings. The van der Waals surface area contributed by atoms with Crippen molar-refractivity contribution in [1.82, 2.24) is 0 Å². The number of hydrogen-bond acceptors (Lipinski definition) is 2. The van der Waals surface area contributed by atoms with E-state index in [9.17, 15) is 5.11 Å². The van der Waals surface area contributed by atoms with Crippen molar-refractivity contribution in [3.8, 4) is 0 Å². The quantitative estimate of drug-likeness (QED) is 0.851. The van der Waals surface area contributed by atoms with Gasteiger partial charge in [-0.2, -0.15) is 0 Å². The summed E-state index contributed by atoms with van der Waals surface area (Å²) in [4.78, 5) is 1.07. The number of hydrogen-bond donors (Lipinski definition) is 1. The second-order valence-corrected chi connectivity index (χ2v) is 5.29. The molecule has 1 atom stereocenters. The molecule has 1 fully saturated rings. The van der Waals surface area contributed by atoms with Crippen LogP contribution in [0.5, 0.6) is 0 Å². The molecular formula is C9H11BrOS. The largest absolute Gasteiger partial charge is 0.384 e. The lowest BCUT2D eigenvalue weighted by molar-refractivity contribution is 0.0362. The molecule has 0 bridgehead atoms. The molecular weight excluding hydrogens is 236 g/mol. The highest BCUT2D eigenvalue weighted by Gasteiger charge is 2.42.